The van der Waals surface area contributed by atoms with Crippen LogP contribution in [0.15, 0.2) is 31.5 Å². The van der Waals surface area contributed by atoms with Gasteiger partial charge in [0.05, 0.1) is 4.92 Å². The minimum Gasteiger partial charge on any atom is -0.346 e. The van der Waals surface area contributed by atoms with Crippen LogP contribution < -0.4 is 26.6 Å². The van der Waals surface area contributed by atoms with E-state index in [-0.39, 0.29) is 37.6 Å². The molecular weight excluding hydrogens is 648 g/mol. The van der Waals surface area contributed by atoms with Gasteiger partial charge in [-0.25, -0.2) is 0 Å². The van der Waals surface area contributed by atoms with E-state index in [1.165, 1.54) is 12.2 Å². The van der Waals surface area contributed by atoms with Gasteiger partial charge >= 0.3 is 5.69 Å². The molecule has 1 aromatic rings. The van der Waals surface area contributed by atoms with Crippen molar-refractivity contribution >= 4 is 41.0 Å². The second kappa shape index (κ2) is 20.6. The summed E-state index contributed by atoms with van der Waals surface area (Å²) in [5.41, 5.74) is -1.05. The van der Waals surface area contributed by atoms with E-state index < -0.39 is 81.7 Å². The van der Waals surface area contributed by atoms with Gasteiger partial charge in [-0.3, -0.25) is 44.0 Å². The number of nitrogens with one attached hydrogen (secondary N) is 6. The van der Waals surface area contributed by atoms with Crippen molar-refractivity contribution in [2.24, 2.45) is 17.8 Å². The topological polar surface area (TPSA) is 234 Å². The van der Waals surface area contributed by atoms with Crippen molar-refractivity contribution < 1.29 is 33.7 Å². The fraction of sp³-hybridized carbons (Fsp3) is 0.618. The molecule has 2 rings (SSSR count). The molecule has 16 heteroatoms. The van der Waals surface area contributed by atoms with Crippen LogP contribution in [-0.4, -0.2) is 81.2 Å². The zero-order valence-electron chi connectivity index (χ0n) is 29.4. The largest absolute Gasteiger partial charge is 0.346 e. The molecule has 0 aliphatic heterocycles. The summed E-state index contributed by atoms with van der Waals surface area (Å²) in [4.78, 5) is 90.2. The highest BCUT2D eigenvalue weighted by Gasteiger charge is 2.36. The molecule has 0 bridgehead atoms. The zero-order valence-corrected chi connectivity index (χ0v) is 29.4. The summed E-state index contributed by atoms with van der Waals surface area (Å²) in [6, 6.07) is -4.60. The molecule has 5 amide bonds. The Labute approximate surface area is 292 Å². The number of amides is 5. The van der Waals surface area contributed by atoms with Crippen molar-refractivity contribution in [2.75, 3.05) is 6.54 Å². The number of ketones is 1. The number of carbonyl (C=O) groups is 6. The molecule has 6 N–H and O–H groups in total. The number of hydrogen-bond donors (Lipinski definition) is 6. The molecule has 5 atom stereocenters. The second-order valence-corrected chi connectivity index (χ2v) is 13.2. The van der Waals surface area contributed by atoms with Crippen LogP contribution in [0.4, 0.5) is 5.69 Å². The first-order chi connectivity index (χ1) is 23.7. The van der Waals surface area contributed by atoms with Crippen LogP contribution in [-0.2, 0) is 24.0 Å². The Balaban J connectivity index is 2.32. The van der Waals surface area contributed by atoms with E-state index >= 15 is 0 Å². The van der Waals surface area contributed by atoms with Crippen LogP contribution in [0, 0.1) is 27.9 Å². The highest BCUT2D eigenvalue weighted by molar-refractivity contribution is 6.38. The maximum Gasteiger partial charge on any atom is 0.319 e. The Kier molecular flexibility index (Phi) is 17.0. The molecular formula is C34H52N8O8. The average molecular weight is 701 g/mol. The zero-order chi connectivity index (χ0) is 37.4. The Bertz CT molecular complexity index is 1390. The van der Waals surface area contributed by atoms with E-state index in [0.29, 0.717) is 6.42 Å². The Morgan fingerprint density at radius 3 is 2.16 bits per heavy atom. The van der Waals surface area contributed by atoms with Crippen LogP contribution in [0.3, 0.4) is 0 Å². The van der Waals surface area contributed by atoms with E-state index in [1.807, 2.05) is 20.8 Å². The van der Waals surface area contributed by atoms with Crippen molar-refractivity contribution in [3.05, 3.63) is 47.3 Å². The molecule has 0 radical (unpaired) electrons. The summed E-state index contributed by atoms with van der Waals surface area (Å²) < 4.78 is 0. The van der Waals surface area contributed by atoms with Gasteiger partial charge in [0.2, 0.25) is 29.2 Å². The maximum absolute atomic E-state index is 13.9. The normalized spacial score (nSPS) is 16.1. The number of nitrogens with zero attached hydrogens (tertiary/aromatic N) is 2. The van der Waals surface area contributed by atoms with Crippen LogP contribution in [0.1, 0.15) is 96.0 Å². The number of rotatable bonds is 21. The van der Waals surface area contributed by atoms with Crippen molar-refractivity contribution in [2.45, 2.75) is 110 Å². The third kappa shape index (κ3) is 12.5. The van der Waals surface area contributed by atoms with Gasteiger partial charge in [-0.1, -0.05) is 78.4 Å². The monoisotopic (exact) mass is 700 g/mol. The van der Waals surface area contributed by atoms with Gasteiger partial charge in [0, 0.05) is 6.54 Å². The quantitative estimate of drug-likeness (QED) is 0.0477. The lowest BCUT2D eigenvalue weighted by molar-refractivity contribution is -0.385. The van der Waals surface area contributed by atoms with E-state index in [4.69, 9.17) is 0 Å². The summed E-state index contributed by atoms with van der Waals surface area (Å²) >= 11 is 0. The lowest BCUT2D eigenvalue weighted by Gasteiger charge is -2.31. The summed E-state index contributed by atoms with van der Waals surface area (Å²) in [5, 5.41) is 30.4. The molecule has 276 valence electrons. The van der Waals surface area contributed by atoms with E-state index in [0.717, 1.165) is 38.3 Å². The highest BCUT2D eigenvalue weighted by atomic mass is 16.6. The predicted octanol–water partition coefficient (Wildman–Crippen LogP) is 2.38. The van der Waals surface area contributed by atoms with Crippen LogP contribution in [0.5, 0.6) is 0 Å². The first-order valence-electron chi connectivity index (χ1n) is 17.2. The molecule has 1 fully saturated rings. The van der Waals surface area contributed by atoms with Gasteiger partial charge < -0.3 is 26.6 Å². The summed E-state index contributed by atoms with van der Waals surface area (Å²) in [7, 11) is 0. The number of aromatic amines is 1. The molecule has 1 unspecified atom stereocenters. The number of Topliss-reactive ketones (excluding diaryl/α,β-unsaturated/α-hetero) is 1. The van der Waals surface area contributed by atoms with Crippen LogP contribution in [0.2, 0.25) is 0 Å². The SMILES string of the molecule is C=CCNC(=O)C(=O)C(CC=C)NC(=O)[C@H](CC1CCCCC1)NC(=O)[C@@H](NC(=O)[C@H](CC(C)C)NC(=O)c1n[nH]cc1[N+](=O)[O-])[C@H](C)CC. The van der Waals surface area contributed by atoms with Crippen molar-refractivity contribution in [1.29, 1.82) is 0 Å². The van der Waals surface area contributed by atoms with Gasteiger partial charge in [0.15, 0.2) is 0 Å². The third-order valence-electron chi connectivity index (χ3n) is 8.75. The standard InChI is InChI=1S/C34H52N8O8/c1-7-13-23(29(43)34(48)35-16-8-2)37-30(44)25(18-22-14-11-10-12-15-22)39-32(46)27(21(6)9-3)40-31(45)24(17-20(4)5)38-33(47)28-26(42(49)50)19-36-41-28/h7-8,19-25,27H,1-2,9-18H2,3-6H3,(H,35,48)(H,36,41)(H,37,44)(H,38,47)(H,39,46)(H,40,45)/t21-,23?,24+,25+,27+/m1/s1. The summed E-state index contributed by atoms with van der Waals surface area (Å²) in [6.45, 7) is 14.4. The number of H-pyrrole nitrogens is 1. The lowest BCUT2D eigenvalue weighted by Crippen LogP contribution is -2.60. The van der Waals surface area contributed by atoms with Gasteiger partial charge in [-0.05, 0) is 37.0 Å². The fourth-order valence-corrected chi connectivity index (χ4v) is 5.81. The predicted molar refractivity (Wildman–Crippen MR) is 185 cm³/mol. The molecule has 16 nitrogen and oxygen atoms in total. The smallest absolute Gasteiger partial charge is 0.319 e. The lowest BCUT2D eigenvalue weighted by atomic mass is 9.84. The van der Waals surface area contributed by atoms with Crippen molar-refractivity contribution in [3.8, 4) is 0 Å². The molecule has 0 saturated heterocycles. The molecule has 1 aromatic heterocycles. The van der Waals surface area contributed by atoms with Gasteiger partial charge in [0.25, 0.3) is 11.8 Å². The van der Waals surface area contributed by atoms with E-state index in [1.54, 1.807) is 6.92 Å². The minimum absolute atomic E-state index is 0.0217. The van der Waals surface area contributed by atoms with Crippen LogP contribution >= 0.6 is 0 Å². The third-order valence-corrected chi connectivity index (χ3v) is 8.75. The molecule has 0 aromatic carbocycles. The van der Waals surface area contributed by atoms with Crippen molar-refractivity contribution in [3.63, 3.8) is 0 Å². The Hall–Kier alpha value is -4.89. The first kappa shape index (κ1) is 41.3. The molecule has 50 heavy (non-hydrogen) atoms. The minimum atomic E-state index is -1.22. The second-order valence-electron chi connectivity index (χ2n) is 13.2. The number of aromatic nitrogens is 2. The van der Waals surface area contributed by atoms with E-state index in [9.17, 15) is 38.9 Å². The van der Waals surface area contributed by atoms with Gasteiger partial charge in [-0.2, -0.15) is 5.10 Å². The fourth-order valence-electron chi connectivity index (χ4n) is 5.81. The van der Waals surface area contributed by atoms with Crippen LogP contribution in [0.25, 0.3) is 0 Å². The highest BCUT2D eigenvalue weighted by Crippen LogP contribution is 2.28. The molecule has 1 heterocycles. The average Bonchev–Trinajstić information content (AvgIpc) is 3.59. The first-order valence-corrected chi connectivity index (χ1v) is 17.2. The molecule has 1 aliphatic carbocycles. The number of carbonyl (C=O) groups excluding carboxylic acids is 6. The molecule has 0 spiro atoms. The maximum atomic E-state index is 13.9. The van der Waals surface area contributed by atoms with Gasteiger partial charge in [0.1, 0.15) is 30.4 Å². The van der Waals surface area contributed by atoms with E-state index in [2.05, 4.69) is 49.9 Å². The Morgan fingerprint density at radius 1 is 0.940 bits per heavy atom. The molecule has 1 saturated carbocycles. The summed E-state index contributed by atoms with van der Waals surface area (Å²) in [6.07, 6.45) is 9.39. The van der Waals surface area contributed by atoms with Gasteiger partial charge in [-0.15, -0.1) is 13.2 Å². The Morgan fingerprint density at radius 2 is 1.58 bits per heavy atom. The number of hydrogen-bond acceptors (Lipinski definition) is 9. The molecule has 1 aliphatic rings. The summed E-state index contributed by atoms with van der Waals surface area (Å²) in [5.74, 6) is -5.07. The van der Waals surface area contributed by atoms with Crippen molar-refractivity contribution in [1.82, 2.24) is 36.8 Å². The number of nitro groups is 1.